The second kappa shape index (κ2) is 10.6. The zero-order chi connectivity index (χ0) is 21.6. The van der Waals surface area contributed by atoms with E-state index in [0.29, 0.717) is 38.7 Å². The van der Waals surface area contributed by atoms with Crippen LogP contribution in [0.1, 0.15) is 45.1 Å². The first-order valence-electron chi connectivity index (χ1n) is 11.1. The van der Waals surface area contributed by atoms with Gasteiger partial charge < -0.3 is 10.1 Å². The standard InChI is InChI=1S/C22H35N3O4S/c1-3-29-21-8-6-19(7-9-21)10-13-23-22(26)20-5-4-14-25(17-20)30(27,28)24-15-11-18(2)12-16-24/h6-9,18,20H,3-5,10-17H2,1-2H3,(H,23,26)/t20-/m1/s1. The lowest BCUT2D eigenvalue weighted by atomic mass is 9.99. The van der Waals surface area contributed by atoms with Crippen LogP contribution in [0.25, 0.3) is 0 Å². The summed E-state index contributed by atoms with van der Waals surface area (Å²) in [6, 6.07) is 7.88. The maximum Gasteiger partial charge on any atom is 0.281 e. The predicted molar refractivity (Wildman–Crippen MR) is 118 cm³/mol. The molecular weight excluding hydrogens is 402 g/mol. The van der Waals surface area contributed by atoms with Gasteiger partial charge in [-0.05, 0) is 62.6 Å². The number of carbonyl (C=O) groups excluding carboxylic acids is 1. The van der Waals surface area contributed by atoms with Crippen LogP contribution < -0.4 is 10.1 Å². The van der Waals surface area contributed by atoms with Crippen molar-refractivity contribution in [1.82, 2.24) is 13.9 Å². The molecule has 0 bridgehead atoms. The average molecular weight is 438 g/mol. The van der Waals surface area contributed by atoms with Crippen molar-refractivity contribution in [3.63, 3.8) is 0 Å². The molecule has 1 N–H and O–H groups in total. The van der Waals surface area contributed by atoms with Crippen LogP contribution in [0, 0.1) is 11.8 Å². The maximum atomic E-state index is 13.0. The van der Waals surface area contributed by atoms with Gasteiger partial charge in [-0.3, -0.25) is 4.79 Å². The Bertz CT molecular complexity index is 789. The van der Waals surface area contributed by atoms with Crippen molar-refractivity contribution in [2.24, 2.45) is 11.8 Å². The van der Waals surface area contributed by atoms with Crippen LogP contribution in [0.5, 0.6) is 5.75 Å². The molecule has 1 amide bonds. The third-order valence-corrected chi connectivity index (χ3v) is 8.10. The first-order valence-corrected chi connectivity index (χ1v) is 12.5. The van der Waals surface area contributed by atoms with Gasteiger partial charge in [0.25, 0.3) is 10.2 Å². The van der Waals surface area contributed by atoms with Crippen molar-refractivity contribution < 1.29 is 17.9 Å². The van der Waals surface area contributed by atoms with Crippen LogP contribution in [0.2, 0.25) is 0 Å². The molecule has 1 atom stereocenters. The van der Waals surface area contributed by atoms with E-state index in [2.05, 4.69) is 12.2 Å². The summed E-state index contributed by atoms with van der Waals surface area (Å²) in [5.74, 6) is 1.09. The van der Waals surface area contributed by atoms with E-state index in [1.807, 2.05) is 31.2 Å². The van der Waals surface area contributed by atoms with Gasteiger partial charge in [-0.15, -0.1) is 0 Å². The van der Waals surface area contributed by atoms with Crippen LogP contribution >= 0.6 is 0 Å². The van der Waals surface area contributed by atoms with E-state index in [0.717, 1.165) is 43.4 Å². The molecule has 2 fully saturated rings. The molecule has 168 valence electrons. The van der Waals surface area contributed by atoms with E-state index in [9.17, 15) is 13.2 Å². The molecule has 8 heteroatoms. The summed E-state index contributed by atoms with van der Waals surface area (Å²) >= 11 is 0. The van der Waals surface area contributed by atoms with Crippen molar-refractivity contribution in [2.45, 2.75) is 46.0 Å². The van der Waals surface area contributed by atoms with Crippen LogP contribution in [-0.2, 0) is 21.4 Å². The molecule has 2 aliphatic rings. The van der Waals surface area contributed by atoms with Gasteiger partial charge in [0.1, 0.15) is 5.75 Å². The monoisotopic (exact) mass is 437 g/mol. The molecule has 1 aromatic rings. The number of hydrogen-bond donors (Lipinski definition) is 1. The normalized spacial score (nSPS) is 22.0. The van der Waals surface area contributed by atoms with Crippen LogP contribution in [-0.4, -0.2) is 62.3 Å². The lowest BCUT2D eigenvalue weighted by Crippen LogP contribution is -2.52. The quantitative estimate of drug-likeness (QED) is 0.678. The van der Waals surface area contributed by atoms with Gasteiger partial charge in [-0.25, -0.2) is 0 Å². The molecule has 2 aliphatic heterocycles. The molecule has 0 aliphatic carbocycles. The van der Waals surface area contributed by atoms with E-state index in [4.69, 9.17) is 4.74 Å². The van der Waals surface area contributed by atoms with Crippen molar-refractivity contribution >= 4 is 16.1 Å². The van der Waals surface area contributed by atoms with Crippen molar-refractivity contribution in [1.29, 1.82) is 0 Å². The van der Waals surface area contributed by atoms with Crippen molar-refractivity contribution in [2.75, 3.05) is 39.3 Å². The van der Waals surface area contributed by atoms with Gasteiger partial charge in [-0.2, -0.15) is 17.0 Å². The smallest absolute Gasteiger partial charge is 0.281 e. The number of rotatable bonds is 8. The summed E-state index contributed by atoms with van der Waals surface area (Å²) in [7, 11) is -3.47. The highest BCUT2D eigenvalue weighted by Gasteiger charge is 2.36. The third-order valence-electron chi connectivity index (χ3n) is 6.10. The second-order valence-electron chi connectivity index (χ2n) is 8.40. The summed E-state index contributed by atoms with van der Waals surface area (Å²) in [5, 5.41) is 2.99. The second-order valence-corrected chi connectivity index (χ2v) is 10.3. The molecule has 2 saturated heterocycles. The first kappa shape index (κ1) is 23.0. The molecule has 0 saturated carbocycles. The molecule has 7 nitrogen and oxygen atoms in total. The molecule has 0 aromatic heterocycles. The third kappa shape index (κ3) is 5.95. The Morgan fingerprint density at radius 2 is 1.80 bits per heavy atom. The predicted octanol–water partition coefficient (Wildman–Crippen LogP) is 2.43. The molecule has 3 rings (SSSR count). The fourth-order valence-electron chi connectivity index (χ4n) is 4.14. The number of carbonyl (C=O) groups is 1. The first-order chi connectivity index (χ1) is 14.4. The number of amides is 1. The van der Waals surface area contributed by atoms with Crippen LogP contribution in [0.15, 0.2) is 24.3 Å². The highest BCUT2D eigenvalue weighted by molar-refractivity contribution is 7.86. The fourth-order valence-corrected chi connectivity index (χ4v) is 5.87. The highest BCUT2D eigenvalue weighted by Crippen LogP contribution is 2.25. The zero-order valence-electron chi connectivity index (χ0n) is 18.2. The van der Waals surface area contributed by atoms with Gasteiger partial charge in [0.2, 0.25) is 5.91 Å². The topological polar surface area (TPSA) is 79.0 Å². The fraction of sp³-hybridized carbons (Fsp3) is 0.682. The molecule has 0 radical (unpaired) electrons. The zero-order valence-corrected chi connectivity index (χ0v) is 19.0. The average Bonchev–Trinajstić information content (AvgIpc) is 2.75. The Balaban J connectivity index is 1.48. The number of piperidine rings is 2. The number of ether oxygens (including phenoxy) is 1. The molecule has 1 aromatic carbocycles. The molecule has 0 spiro atoms. The minimum Gasteiger partial charge on any atom is -0.494 e. The Morgan fingerprint density at radius 1 is 1.10 bits per heavy atom. The lowest BCUT2D eigenvalue weighted by molar-refractivity contribution is -0.126. The minimum atomic E-state index is -3.47. The van der Waals surface area contributed by atoms with E-state index in [-0.39, 0.29) is 18.4 Å². The van der Waals surface area contributed by atoms with E-state index < -0.39 is 10.2 Å². The Hall–Kier alpha value is -1.64. The molecule has 2 heterocycles. The van der Waals surface area contributed by atoms with E-state index in [1.165, 1.54) is 4.31 Å². The summed E-state index contributed by atoms with van der Waals surface area (Å²) < 4.78 is 34.6. The minimum absolute atomic E-state index is 0.0481. The number of hydrogen-bond acceptors (Lipinski definition) is 4. The molecule has 0 unspecified atom stereocenters. The van der Waals surface area contributed by atoms with Crippen molar-refractivity contribution in [3.05, 3.63) is 29.8 Å². The SMILES string of the molecule is CCOc1ccc(CCNC(=O)[C@@H]2CCCN(S(=O)(=O)N3CCC(C)CC3)C2)cc1. The van der Waals surface area contributed by atoms with Gasteiger partial charge in [0.15, 0.2) is 0 Å². The van der Waals surface area contributed by atoms with Crippen molar-refractivity contribution in [3.8, 4) is 5.75 Å². The van der Waals surface area contributed by atoms with E-state index >= 15 is 0 Å². The summed E-state index contributed by atoms with van der Waals surface area (Å²) in [4.78, 5) is 12.7. The number of nitrogens with zero attached hydrogens (tertiary/aromatic N) is 2. The largest absolute Gasteiger partial charge is 0.494 e. The highest BCUT2D eigenvalue weighted by atomic mass is 32.2. The maximum absolute atomic E-state index is 13.0. The summed E-state index contributed by atoms with van der Waals surface area (Å²) in [6.45, 7) is 7.25. The van der Waals surface area contributed by atoms with Crippen LogP contribution in [0.4, 0.5) is 0 Å². The molecule has 30 heavy (non-hydrogen) atoms. The summed E-state index contributed by atoms with van der Waals surface area (Å²) in [6.07, 6.45) is 4.00. The number of nitrogens with one attached hydrogen (secondary N) is 1. The van der Waals surface area contributed by atoms with Crippen LogP contribution in [0.3, 0.4) is 0 Å². The van der Waals surface area contributed by atoms with Gasteiger partial charge in [-0.1, -0.05) is 19.1 Å². The van der Waals surface area contributed by atoms with Gasteiger partial charge >= 0.3 is 0 Å². The van der Waals surface area contributed by atoms with Gasteiger partial charge in [0, 0.05) is 32.7 Å². The Kier molecular flexibility index (Phi) is 8.13. The Labute approximate surface area is 180 Å². The van der Waals surface area contributed by atoms with Gasteiger partial charge in [0.05, 0.1) is 12.5 Å². The lowest BCUT2D eigenvalue weighted by Gasteiger charge is -2.37. The Morgan fingerprint density at radius 3 is 2.47 bits per heavy atom. The molecular formula is C22H35N3O4S. The number of benzene rings is 1. The van der Waals surface area contributed by atoms with E-state index in [1.54, 1.807) is 4.31 Å². The summed E-state index contributed by atoms with van der Waals surface area (Å²) in [5.41, 5.74) is 1.13.